The Labute approximate surface area is 174 Å². The molecule has 150 valence electrons. The molecule has 0 spiro atoms. The largest absolute Gasteiger partial charge is 0.496 e. The van der Waals surface area contributed by atoms with Gasteiger partial charge in [-0.15, -0.1) is 0 Å². The standard InChI is InChI=1S/C20H23BrN2O4S/c1-14-8-10-23(11-9-14)20(24)18-13-17(6-7-19(18)27-2)28(25,26)22-16-5-3-4-15(21)12-16/h3-7,12-14,22H,8-11H2,1-2H3. The van der Waals surface area contributed by atoms with E-state index in [1.54, 1.807) is 29.2 Å². The molecule has 0 bridgehead atoms. The average molecular weight is 467 g/mol. The number of nitrogens with zero attached hydrogens (tertiary/aromatic N) is 1. The first-order valence-electron chi connectivity index (χ1n) is 9.06. The van der Waals surface area contributed by atoms with Gasteiger partial charge in [-0.2, -0.15) is 0 Å². The Morgan fingerprint density at radius 3 is 2.54 bits per heavy atom. The second kappa shape index (κ2) is 8.53. The van der Waals surface area contributed by atoms with Gasteiger partial charge in [0.2, 0.25) is 0 Å². The molecule has 1 N–H and O–H groups in total. The number of sulfonamides is 1. The minimum absolute atomic E-state index is 0.0157. The van der Waals surface area contributed by atoms with Crippen LogP contribution in [0.2, 0.25) is 0 Å². The zero-order chi connectivity index (χ0) is 20.3. The molecule has 1 saturated heterocycles. The maximum atomic E-state index is 13.0. The van der Waals surface area contributed by atoms with Gasteiger partial charge < -0.3 is 9.64 Å². The van der Waals surface area contributed by atoms with Gasteiger partial charge in [-0.25, -0.2) is 8.42 Å². The van der Waals surface area contributed by atoms with Crippen molar-refractivity contribution in [2.75, 3.05) is 24.9 Å². The molecule has 8 heteroatoms. The third-order valence-electron chi connectivity index (χ3n) is 4.86. The smallest absolute Gasteiger partial charge is 0.261 e. The number of carbonyl (C=O) groups excluding carboxylic acids is 1. The first kappa shape index (κ1) is 20.7. The number of hydrogen-bond acceptors (Lipinski definition) is 4. The van der Waals surface area contributed by atoms with Gasteiger partial charge in [-0.1, -0.05) is 28.9 Å². The van der Waals surface area contributed by atoms with E-state index >= 15 is 0 Å². The third-order valence-corrected chi connectivity index (χ3v) is 6.73. The highest BCUT2D eigenvalue weighted by atomic mass is 79.9. The molecule has 0 aromatic heterocycles. The van der Waals surface area contributed by atoms with Crippen molar-refractivity contribution in [3.05, 3.63) is 52.5 Å². The maximum Gasteiger partial charge on any atom is 0.261 e. The fraction of sp³-hybridized carbons (Fsp3) is 0.350. The van der Waals surface area contributed by atoms with Gasteiger partial charge in [0, 0.05) is 23.2 Å². The Hall–Kier alpha value is -2.06. The molecule has 2 aromatic rings. The predicted molar refractivity (Wildman–Crippen MR) is 112 cm³/mol. The van der Waals surface area contributed by atoms with E-state index in [2.05, 4.69) is 27.6 Å². The number of carbonyl (C=O) groups is 1. The number of amides is 1. The summed E-state index contributed by atoms with van der Waals surface area (Å²) in [6.45, 7) is 3.50. The number of methoxy groups -OCH3 is 1. The van der Waals surface area contributed by atoms with Crippen molar-refractivity contribution < 1.29 is 17.9 Å². The Balaban J connectivity index is 1.90. The highest BCUT2D eigenvalue weighted by Crippen LogP contribution is 2.27. The van der Waals surface area contributed by atoms with Crippen LogP contribution in [-0.4, -0.2) is 39.4 Å². The molecular formula is C20H23BrN2O4S. The topological polar surface area (TPSA) is 75.7 Å². The van der Waals surface area contributed by atoms with E-state index in [0.29, 0.717) is 30.4 Å². The lowest BCUT2D eigenvalue weighted by Crippen LogP contribution is -2.38. The lowest BCUT2D eigenvalue weighted by Gasteiger charge is -2.30. The van der Waals surface area contributed by atoms with E-state index in [1.807, 2.05) is 0 Å². The number of piperidine rings is 1. The van der Waals surface area contributed by atoms with Crippen LogP contribution in [0.3, 0.4) is 0 Å². The van der Waals surface area contributed by atoms with E-state index in [9.17, 15) is 13.2 Å². The van der Waals surface area contributed by atoms with E-state index in [0.717, 1.165) is 17.3 Å². The summed E-state index contributed by atoms with van der Waals surface area (Å²) in [5.41, 5.74) is 0.692. The molecule has 1 amide bonds. The van der Waals surface area contributed by atoms with Crippen LogP contribution in [0.4, 0.5) is 5.69 Å². The van der Waals surface area contributed by atoms with Crippen LogP contribution < -0.4 is 9.46 Å². The second-order valence-electron chi connectivity index (χ2n) is 6.95. The number of likely N-dealkylation sites (tertiary alicyclic amines) is 1. The van der Waals surface area contributed by atoms with Gasteiger partial charge in [-0.05, 0) is 55.2 Å². The molecule has 1 fully saturated rings. The third kappa shape index (κ3) is 4.67. The molecule has 0 aliphatic carbocycles. The summed E-state index contributed by atoms with van der Waals surface area (Å²) in [7, 11) is -2.38. The Morgan fingerprint density at radius 1 is 1.18 bits per heavy atom. The van der Waals surface area contributed by atoms with Crippen LogP contribution in [0.5, 0.6) is 5.75 Å². The molecule has 0 unspecified atom stereocenters. The Morgan fingerprint density at radius 2 is 1.89 bits per heavy atom. The molecular weight excluding hydrogens is 444 g/mol. The highest BCUT2D eigenvalue weighted by molar-refractivity contribution is 9.10. The number of anilines is 1. The van der Waals surface area contributed by atoms with Crippen molar-refractivity contribution in [3.8, 4) is 5.75 Å². The van der Waals surface area contributed by atoms with Crippen molar-refractivity contribution in [2.45, 2.75) is 24.7 Å². The van der Waals surface area contributed by atoms with Crippen LogP contribution >= 0.6 is 15.9 Å². The molecule has 3 rings (SSSR count). The summed E-state index contributed by atoms with van der Waals surface area (Å²) in [5.74, 6) is 0.750. The number of benzene rings is 2. The number of nitrogens with one attached hydrogen (secondary N) is 1. The summed E-state index contributed by atoms with van der Waals surface area (Å²) < 4.78 is 34.2. The first-order valence-corrected chi connectivity index (χ1v) is 11.3. The van der Waals surface area contributed by atoms with Crippen molar-refractivity contribution >= 4 is 37.5 Å². The van der Waals surface area contributed by atoms with Crippen LogP contribution in [0, 0.1) is 5.92 Å². The number of hydrogen-bond donors (Lipinski definition) is 1. The first-order chi connectivity index (χ1) is 13.3. The Bertz CT molecular complexity index is 970. The van der Waals surface area contributed by atoms with Crippen molar-refractivity contribution in [2.24, 2.45) is 5.92 Å². The normalized spacial score (nSPS) is 15.3. The van der Waals surface area contributed by atoms with Crippen LogP contribution in [0.15, 0.2) is 51.8 Å². The molecule has 0 atom stereocenters. The molecule has 1 aliphatic heterocycles. The summed E-state index contributed by atoms with van der Waals surface area (Å²) in [5, 5.41) is 0. The fourth-order valence-corrected chi connectivity index (χ4v) is 4.64. The highest BCUT2D eigenvalue weighted by Gasteiger charge is 2.26. The van der Waals surface area contributed by atoms with Gasteiger partial charge in [0.25, 0.3) is 15.9 Å². The fourth-order valence-electron chi connectivity index (χ4n) is 3.17. The number of rotatable bonds is 5. The quantitative estimate of drug-likeness (QED) is 0.718. The summed E-state index contributed by atoms with van der Waals surface area (Å²) >= 11 is 3.32. The monoisotopic (exact) mass is 466 g/mol. The lowest BCUT2D eigenvalue weighted by molar-refractivity contribution is 0.0693. The average Bonchev–Trinajstić information content (AvgIpc) is 2.67. The number of ether oxygens (including phenoxy) is 1. The van der Waals surface area contributed by atoms with Crippen LogP contribution in [0.1, 0.15) is 30.1 Å². The zero-order valence-electron chi connectivity index (χ0n) is 15.8. The van der Waals surface area contributed by atoms with Crippen LogP contribution in [0.25, 0.3) is 0 Å². The van der Waals surface area contributed by atoms with Gasteiger partial charge in [0.1, 0.15) is 5.75 Å². The minimum atomic E-state index is -3.85. The lowest BCUT2D eigenvalue weighted by atomic mass is 9.98. The number of halogens is 1. The predicted octanol–water partition coefficient (Wildman–Crippen LogP) is 4.13. The minimum Gasteiger partial charge on any atom is -0.496 e. The summed E-state index contributed by atoms with van der Waals surface area (Å²) in [6.07, 6.45) is 1.88. The molecule has 28 heavy (non-hydrogen) atoms. The molecule has 0 radical (unpaired) electrons. The molecule has 6 nitrogen and oxygen atoms in total. The molecule has 1 aliphatic rings. The molecule has 1 heterocycles. The van der Waals surface area contributed by atoms with Crippen molar-refractivity contribution in [3.63, 3.8) is 0 Å². The van der Waals surface area contributed by atoms with E-state index < -0.39 is 10.0 Å². The van der Waals surface area contributed by atoms with Crippen LogP contribution in [-0.2, 0) is 10.0 Å². The van der Waals surface area contributed by atoms with Gasteiger partial charge in [-0.3, -0.25) is 9.52 Å². The second-order valence-corrected chi connectivity index (χ2v) is 9.55. The van der Waals surface area contributed by atoms with Crippen molar-refractivity contribution in [1.29, 1.82) is 0 Å². The van der Waals surface area contributed by atoms with E-state index in [-0.39, 0.29) is 16.4 Å². The molecule has 0 saturated carbocycles. The summed E-state index contributed by atoms with van der Waals surface area (Å²) in [6, 6.07) is 11.2. The van der Waals surface area contributed by atoms with E-state index in [4.69, 9.17) is 4.74 Å². The zero-order valence-corrected chi connectivity index (χ0v) is 18.2. The van der Waals surface area contributed by atoms with Gasteiger partial charge in [0.15, 0.2) is 0 Å². The summed E-state index contributed by atoms with van der Waals surface area (Å²) in [4.78, 5) is 14.8. The van der Waals surface area contributed by atoms with Gasteiger partial charge in [0.05, 0.1) is 17.6 Å². The SMILES string of the molecule is COc1ccc(S(=O)(=O)Nc2cccc(Br)c2)cc1C(=O)N1CCC(C)CC1. The molecule has 2 aromatic carbocycles. The van der Waals surface area contributed by atoms with Crippen molar-refractivity contribution in [1.82, 2.24) is 4.90 Å². The Kier molecular flexibility index (Phi) is 6.30. The maximum absolute atomic E-state index is 13.0. The van der Waals surface area contributed by atoms with E-state index in [1.165, 1.54) is 25.3 Å². The van der Waals surface area contributed by atoms with Gasteiger partial charge >= 0.3 is 0 Å².